The van der Waals surface area contributed by atoms with Crippen molar-refractivity contribution in [1.82, 2.24) is 20.1 Å². The molecule has 7 heteroatoms. The summed E-state index contributed by atoms with van der Waals surface area (Å²) in [6.45, 7) is 2.58. The molecule has 4 rings (SSSR count). The monoisotopic (exact) mass is 337 g/mol. The van der Waals surface area contributed by atoms with E-state index < -0.39 is 0 Å². The van der Waals surface area contributed by atoms with Crippen LogP contribution in [0.5, 0.6) is 0 Å². The summed E-state index contributed by atoms with van der Waals surface area (Å²) >= 11 is 1.65. The Morgan fingerprint density at radius 2 is 2.08 bits per heavy atom. The summed E-state index contributed by atoms with van der Waals surface area (Å²) in [5, 5.41) is 4.92. The van der Waals surface area contributed by atoms with Gasteiger partial charge in [0.05, 0.1) is 16.8 Å². The maximum Gasteiger partial charge on any atom is 0.246 e. The molecule has 6 nitrogen and oxygen atoms in total. The number of hydrogen-bond acceptors (Lipinski definition) is 7. The average Bonchev–Trinajstić information content (AvgIpc) is 3.22. The maximum absolute atomic E-state index is 5.34. The number of nitrogens with zero attached hydrogens (tertiary/aromatic N) is 5. The van der Waals surface area contributed by atoms with Crippen molar-refractivity contribution < 1.29 is 4.52 Å². The van der Waals surface area contributed by atoms with Crippen LogP contribution >= 0.6 is 11.3 Å². The van der Waals surface area contributed by atoms with Crippen LogP contribution in [-0.2, 0) is 6.54 Å². The zero-order valence-corrected chi connectivity index (χ0v) is 14.1. The van der Waals surface area contributed by atoms with Gasteiger partial charge in [-0.05, 0) is 36.8 Å². The Morgan fingerprint density at radius 3 is 2.92 bits per heavy atom. The molecule has 3 aromatic heterocycles. The summed E-state index contributed by atoms with van der Waals surface area (Å²) in [6, 6.07) is 11.9. The first kappa shape index (κ1) is 14.8. The molecule has 24 heavy (non-hydrogen) atoms. The average molecular weight is 337 g/mol. The van der Waals surface area contributed by atoms with Crippen molar-refractivity contribution in [3.63, 3.8) is 0 Å². The minimum Gasteiger partial charge on any atom is -0.342 e. The van der Waals surface area contributed by atoms with Gasteiger partial charge in [-0.15, -0.1) is 0 Å². The van der Waals surface area contributed by atoms with Crippen LogP contribution in [0.3, 0.4) is 0 Å². The number of rotatable bonds is 4. The number of thiazole rings is 1. The highest BCUT2D eigenvalue weighted by Crippen LogP contribution is 2.29. The van der Waals surface area contributed by atoms with Crippen molar-refractivity contribution in [1.29, 1.82) is 0 Å². The van der Waals surface area contributed by atoms with Gasteiger partial charge in [0, 0.05) is 13.2 Å². The summed E-state index contributed by atoms with van der Waals surface area (Å²) in [5.41, 5.74) is 2.94. The fourth-order valence-corrected chi connectivity index (χ4v) is 3.40. The van der Waals surface area contributed by atoms with Gasteiger partial charge in [0.15, 0.2) is 5.13 Å². The highest BCUT2D eigenvalue weighted by Gasteiger charge is 2.14. The molecule has 0 spiro atoms. The summed E-state index contributed by atoms with van der Waals surface area (Å²) in [6.07, 6.45) is 1.71. The molecule has 0 radical (unpaired) electrons. The molecule has 0 aliphatic rings. The minimum atomic E-state index is 0.499. The lowest BCUT2D eigenvalue weighted by atomic mass is 10.2. The topological polar surface area (TPSA) is 67.9 Å². The van der Waals surface area contributed by atoms with E-state index in [-0.39, 0.29) is 0 Å². The van der Waals surface area contributed by atoms with E-state index in [2.05, 4.69) is 39.2 Å². The van der Waals surface area contributed by atoms with Crippen LogP contribution in [0.25, 0.3) is 21.7 Å². The molecular weight excluding hydrogens is 322 g/mol. The van der Waals surface area contributed by atoms with Gasteiger partial charge in [-0.2, -0.15) is 4.98 Å². The van der Waals surface area contributed by atoms with Crippen LogP contribution in [0.2, 0.25) is 0 Å². The highest BCUT2D eigenvalue weighted by molar-refractivity contribution is 7.22. The number of hydrogen-bond donors (Lipinski definition) is 0. The van der Waals surface area contributed by atoms with E-state index in [1.165, 1.54) is 10.3 Å². The first-order chi connectivity index (χ1) is 11.7. The quantitative estimate of drug-likeness (QED) is 0.566. The molecular formula is C17H15N5OS. The van der Waals surface area contributed by atoms with E-state index in [9.17, 15) is 0 Å². The predicted octanol–water partition coefficient (Wildman–Crippen LogP) is 3.69. The van der Waals surface area contributed by atoms with Gasteiger partial charge in [0.25, 0.3) is 0 Å². The molecule has 0 saturated carbocycles. The summed E-state index contributed by atoms with van der Waals surface area (Å²) in [4.78, 5) is 15.3. The van der Waals surface area contributed by atoms with Crippen molar-refractivity contribution in [2.24, 2.45) is 0 Å². The van der Waals surface area contributed by atoms with E-state index in [1.54, 1.807) is 17.5 Å². The maximum atomic E-state index is 5.34. The normalized spacial score (nSPS) is 11.1. The fraction of sp³-hybridized carbons (Fsp3) is 0.176. The van der Waals surface area contributed by atoms with Gasteiger partial charge in [-0.25, -0.2) is 4.98 Å². The lowest BCUT2D eigenvalue weighted by Gasteiger charge is -2.11. The van der Waals surface area contributed by atoms with Crippen LogP contribution < -0.4 is 4.90 Å². The van der Waals surface area contributed by atoms with Crippen LogP contribution in [0, 0.1) is 6.92 Å². The minimum absolute atomic E-state index is 0.499. The van der Waals surface area contributed by atoms with Crippen LogP contribution in [0.4, 0.5) is 5.13 Å². The Labute approximate surface area is 142 Å². The summed E-state index contributed by atoms with van der Waals surface area (Å²) in [7, 11) is 1.97. The van der Waals surface area contributed by atoms with Gasteiger partial charge < -0.3 is 9.42 Å². The molecule has 0 N–H and O–H groups in total. The lowest BCUT2D eigenvalue weighted by molar-refractivity contribution is 0.378. The van der Waals surface area contributed by atoms with E-state index in [1.807, 2.05) is 36.2 Å². The Kier molecular flexibility index (Phi) is 3.70. The van der Waals surface area contributed by atoms with Crippen molar-refractivity contribution in [3.05, 3.63) is 54.0 Å². The number of pyridine rings is 1. The smallest absolute Gasteiger partial charge is 0.246 e. The third-order valence-electron chi connectivity index (χ3n) is 3.59. The molecule has 0 amide bonds. The molecule has 3 heterocycles. The molecule has 0 aliphatic carbocycles. The van der Waals surface area contributed by atoms with E-state index >= 15 is 0 Å². The first-order valence-corrected chi connectivity index (χ1v) is 8.33. The molecule has 0 fully saturated rings. The van der Waals surface area contributed by atoms with E-state index in [4.69, 9.17) is 4.52 Å². The fourth-order valence-electron chi connectivity index (χ4n) is 2.37. The number of benzene rings is 1. The Balaban J connectivity index is 1.55. The molecule has 4 aromatic rings. The number of fused-ring (bicyclic) bond motifs is 1. The predicted molar refractivity (Wildman–Crippen MR) is 94.0 cm³/mol. The van der Waals surface area contributed by atoms with Gasteiger partial charge >= 0.3 is 0 Å². The molecule has 120 valence electrons. The lowest BCUT2D eigenvalue weighted by Crippen LogP contribution is -2.16. The number of anilines is 1. The molecule has 1 aromatic carbocycles. The Hall–Kier alpha value is -2.80. The van der Waals surface area contributed by atoms with E-state index in [0.29, 0.717) is 24.0 Å². The second kappa shape index (κ2) is 6.01. The van der Waals surface area contributed by atoms with Crippen LogP contribution in [0.1, 0.15) is 11.5 Å². The van der Waals surface area contributed by atoms with Crippen molar-refractivity contribution in [2.45, 2.75) is 13.5 Å². The largest absolute Gasteiger partial charge is 0.342 e. The van der Waals surface area contributed by atoms with E-state index in [0.717, 1.165) is 10.6 Å². The third-order valence-corrected chi connectivity index (χ3v) is 4.73. The standard InChI is InChI=1S/C17H15N5OS/c1-11-6-7-12-14(9-11)24-17(19-12)22(2)10-15-20-16(21-23-15)13-5-3-4-8-18-13/h3-9H,10H2,1-2H3. The Morgan fingerprint density at radius 1 is 1.17 bits per heavy atom. The summed E-state index contributed by atoms with van der Waals surface area (Å²) < 4.78 is 6.52. The second-order valence-corrected chi connectivity index (χ2v) is 6.56. The van der Waals surface area contributed by atoms with Gasteiger partial charge in [-0.1, -0.05) is 28.6 Å². The van der Waals surface area contributed by atoms with Gasteiger partial charge in [0.1, 0.15) is 5.69 Å². The molecule has 0 atom stereocenters. The van der Waals surface area contributed by atoms with Crippen molar-refractivity contribution in [2.75, 3.05) is 11.9 Å². The first-order valence-electron chi connectivity index (χ1n) is 7.51. The zero-order chi connectivity index (χ0) is 16.5. The van der Waals surface area contributed by atoms with Crippen LogP contribution in [0.15, 0.2) is 47.1 Å². The summed E-state index contributed by atoms with van der Waals surface area (Å²) in [5.74, 6) is 1.03. The van der Waals surface area contributed by atoms with Crippen molar-refractivity contribution >= 4 is 26.7 Å². The molecule has 0 unspecified atom stereocenters. The van der Waals surface area contributed by atoms with Crippen LogP contribution in [-0.4, -0.2) is 27.2 Å². The highest BCUT2D eigenvalue weighted by atomic mass is 32.1. The molecule has 0 saturated heterocycles. The second-order valence-electron chi connectivity index (χ2n) is 5.55. The third kappa shape index (κ3) is 2.85. The van der Waals surface area contributed by atoms with Gasteiger partial charge in [-0.3, -0.25) is 4.98 Å². The zero-order valence-electron chi connectivity index (χ0n) is 13.3. The SMILES string of the molecule is Cc1ccc2nc(N(C)Cc3nc(-c4ccccn4)no3)sc2c1. The Bertz CT molecular complexity index is 979. The molecule has 0 aliphatic heterocycles. The molecule has 0 bridgehead atoms. The number of aromatic nitrogens is 4. The van der Waals surface area contributed by atoms with Gasteiger partial charge in [0.2, 0.25) is 11.7 Å². The number of aryl methyl sites for hydroxylation is 1. The van der Waals surface area contributed by atoms with Crippen molar-refractivity contribution in [3.8, 4) is 11.5 Å².